The molecule has 20 heavy (non-hydrogen) atoms. The molecule has 0 bridgehead atoms. The van der Waals surface area contributed by atoms with Crippen molar-refractivity contribution < 1.29 is 12.8 Å². The average Bonchev–Trinajstić information content (AvgIpc) is 2.42. The molecule has 2 N–H and O–H groups in total. The van der Waals surface area contributed by atoms with Crippen LogP contribution in [0.15, 0.2) is 23.1 Å². The van der Waals surface area contributed by atoms with Crippen molar-refractivity contribution >= 4 is 21.6 Å². The van der Waals surface area contributed by atoms with Gasteiger partial charge in [-0.05, 0) is 18.2 Å². The zero-order chi connectivity index (χ0) is 14.6. The minimum atomic E-state index is -3.87. The maximum atomic E-state index is 13.6. The Morgan fingerprint density at radius 1 is 1.35 bits per heavy atom. The summed E-state index contributed by atoms with van der Waals surface area (Å²) in [5.41, 5.74) is 0. The minimum Gasteiger partial charge on any atom is -0.314 e. The molecule has 1 aromatic carbocycles. The van der Waals surface area contributed by atoms with E-state index in [-0.39, 0.29) is 11.6 Å². The van der Waals surface area contributed by atoms with Crippen LogP contribution in [0.5, 0.6) is 0 Å². The van der Waals surface area contributed by atoms with Gasteiger partial charge < -0.3 is 5.32 Å². The molecule has 0 saturated carbocycles. The van der Waals surface area contributed by atoms with Gasteiger partial charge in [0.2, 0.25) is 10.0 Å². The second kappa shape index (κ2) is 6.82. The molecule has 0 aromatic heterocycles. The molecule has 1 fully saturated rings. The Morgan fingerprint density at radius 3 is 2.75 bits per heavy atom. The summed E-state index contributed by atoms with van der Waals surface area (Å²) >= 11 is 5.70. The van der Waals surface area contributed by atoms with Gasteiger partial charge in [-0.25, -0.2) is 17.5 Å². The van der Waals surface area contributed by atoms with E-state index in [1.165, 1.54) is 6.07 Å². The highest BCUT2D eigenvalue weighted by Gasteiger charge is 2.19. The third kappa shape index (κ3) is 4.13. The smallest absolute Gasteiger partial charge is 0.243 e. The topological polar surface area (TPSA) is 61.4 Å². The second-order valence-corrected chi connectivity index (χ2v) is 6.74. The molecule has 0 amide bonds. The summed E-state index contributed by atoms with van der Waals surface area (Å²) in [5, 5.41) is 3.41. The number of nitrogens with one attached hydrogen (secondary N) is 2. The van der Waals surface area contributed by atoms with Gasteiger partial charge in [-0.15, -0.1) is 0 Å². The number of sulfonamides is 1. The Balaban J connectivity index is 1.95. The molecule has 0 spiro atoms. The summed E-state index contributed by atoms with van der Waals surface area (Å²) < 4.78 is 40.0. The lowest BCUT2D eigenvalue weighted by Crippen LogP contribution is -2.46. The largest absolute Gasteiger partial charge is 0.314 e. The van der Waals surface area contributed by atoms with E-state index in [9.17, 15) is 12.8 Å². The lowest BCUT2D eigenvalue weighted by molar-refractivity contribution is 0.245. The van der Waals surface area contributed by atoms with E-state index in [1.54, 1.807) is 0 Å². The van der Waals surface area contributed by atoms with Gasteiger partial charge in [-0.2, -0.15) is 0 Å². The van der Waals surface area contributed by atoms with Gasteiger partial charge in [0.15, 0.2) is 0 Å². The van der Waals surface area contributed by atoms with Gasteiger partial charge in [-0.3, -0.25) is 4.90 Å². The first-order valence-electron chi connectivity index (χ1n) is 6.37. The fraction of sp³-hybridized carbons (Fsp3) is 0.500. The molecule has 0 aliphatic carbocycles. The monoisotopic (exact) mass is 321 g/mol. The Morgan fingerprint density at radius 2 is 2.05 bits per heavy atom. The highest BCUT2D eigenvalue weighted by molar-refractivity contribution is 7.89. The van der Waals surface area contributed by atoms with Crippen molar-refractivity contribution in [3.05, 3.63) is 29.0 Å². The normalized spacial score (nSPS) is 17.3. The first-order chi connectivity index (χ1) is 9.49. The first kappa shape index (κ1) is 15.7. The second-order valence-electron chi connectivity index (χ2n) is 4.56. The molecule has 1 aliphatic heterocycles. The minimum absolute atomic E-state index is 0.189. The van der Waals surface area contributed by atoms with Crippen LogP contribution in [0.1, 0.15) is 0 Å². The first-order valence-corrected chi connectivity index (χ1v) is 8.23. The van der Waals surface area contributed by atoms with Gasteiger partial charge in [0.1, 0.15) is 10.7 Å². The van der Waals surface area contributed by atoms with Crippen molar-refractivity contribution in [1.29, 1.82) is 0 Å². The summed E-state index contributed by atoms with van der Waals surface area (Å²) in [4.78, 5) is 1.73. The van der Waals surface area contributed by atoms with E-state index >= 15 is 0 Å². The molecule has 8 heteroatoms. The van der Waals surface area contributed by atoms with E-state index in [0.29, 0.717) is 6.54 Å². The van der Waals surface area contributed by atoms with Gasteiger partial charge in [-0.1, -0.05) is 11.6 Å². The highest BCUT2D eigenvalue weighted by atomic mass is 35.5. The summed E-state index contributed by atoms with van der Waals surface area (Å²) in [5.74, 6) is -0.802. The summed E-state index contributed by atoms with van der Waals surface area (Å²) in [6.45, 7) is 4.41. The fourth-order valence-corrected chi connectivity index (χ4v) is 3.39. The fourth-order valence-electron chi connectivity index (χ4n) is 2.03. The zero-order valence-corrected chi connectivity index (χ0v) is 12.5. The van der Waals surface area contributed by atoms with Crippen molar-refractivity contribution in [3.63, 3.8) is 0 Å². The number of nitrogens with zero attached hydrogens (tertiary/aromatic N) is 1. The predicted octanol–water partition coefficient (Wildman–Crippen LogP) is 0.663. The maximum absolute atomic E-state index is 13.6. The van der Waals surface area contributed by atoms with Crippen LogP contribution in [0.25, 0.3) is 0 Å². The number of piperazine rings is 1. The van der Waals surface area contributed by atoms with Crippen LogP contribution in [0, 0.1) is 5.82 Å². The lowest BCUT2D eigenvalue weighted by Gasteiger charge is -2.27. The Labute approximate surface area is 123 Å². The van der Waals surface area contributed by atoms with Gasteiger partial charge >= 0.3 is 0 Å². The molecule has 0 atom stereocenters. The van der Waals surface area contributed by atoms with E-state index < -0.39 is 20.7 Å². The molecule has 2 rings (SSSR count). The van der Waals surface area contributed by atoms with Crippen LogP contribution in [-0.4, -0.2) is 52.6 Å². The molecule has 0 radical (unpaired) electrons. The Bertz CT molecular complexity index is 562. The van der Waals surface area contributed by atoms with E-state index in [4.69, 9.17) is 11.6 Å². The molecule has 1 heterocycles. The number of hydrogen-bond acceptors (Lipinski definition) is 4. The molecule has 5 nitrogen and oxygen atoms in total. The van der Waals surface area contributed by atoms with Crippen LogP contribution >= 0.6 is 11.6 Å². The predicted molar refractivity (Wildman–Crippen MR) is 75.9 cm³/mol. The van der Waals surface area contributed by atoms with Crippen molar-refractivity contribution in [1.82, 2.24) is 14.9 Å². The Hall–Kier alpha value is -0.730. The molecule has 1 aliphatic rings. The van der Waals surface area contributed by atoms with E-state index in [1.807, 2.05) is 0 Å². The number of benzene rings is 1. The van der Waals surface area contributed by atoms with Gasteiger partial charge in [0.25, 0.3) is 0 Å². The van der Waals surface area contributed by atoms with Gasteiger partial charge in [0, 0.05) is 44.3 Å². The quantitative estimate of drug-likeness (QED) is 0.836. The van der Waals surface area contributed by atoms with Crippen molar-refractivity contribution in [3.8, 4) is 0 Å². The van der Waals surface area contributed by atoms with E-state index in [2.05, 4.69) is 14.9 Å². The lowest BCUT2D eigenvalue weighted by atomic mass is 10.3. The van der Waals surface area contributed by atoms with E-state index in [0.717, 1.165) is 38.3 Å². The third-order valence-corrected chi connectivity index (χ3v) is 4.82. The van der Waals surface area contributed by atoms with Crippen LogP contribution in [0.4, 0.5) is 4.39 Å². The Kier molecular flexibility index (Phi) is 5.34. The molecule has 1 saturated heterocycles. The van der Waals surface area contributed by atoms with Crippen molar-refractivity contribution in [2.24, 2.45) is 0 Å². The average molecular weight is 322 g/mol. The third-order valence-electron chi connectivity index (χ3n) is 3.11. The van der Waals surface area contributed by atoms with Gasteiger partial charge in [0.05, 0.1) is 0 Å². The molecular weight excluding hydrogens is 305 g/mol. The number of hydrogen-bond donors (Lipinski definition) is 2. The zero-order valence-electron chi connectivity index (χ0n) is 10.9. The highest BCUT2D eigenvalue weighted by Crippen LogP contribution is 2.19. The van der Waals surface area contributed by atoms with Crippen LogP contribution in [0.3, 0.4) is 0 Å². The summed E-state index contributed by atoms with van der Waals surface area (Å²) in [7, 11) is -3.87. The van der Waals surface area contributed by atoms with Crippen LogP contribution in [0.2, 0.25) is 5.02 Å². The molecule has 0 unspecified atom stereocenters. The van der Waals surface area contributed by atoms with Crippen LogP contribution in [-0.2, 0) is 10.0 Å². The molecule has 112 valence electrons. The SMILES string of the molecule is O=S(=O)(NCCN1CCNCC1)c1cc(Cl)ccc1F. The number of halogens is 2. The van der Waals surface area contributed by atoms with Crippen molar-refractivity contribution in [2.45, 2.75) is 4.90 Å². The molecule has 1 aromatic rings. The maximum Gasteiger partial charge on any atom is 0.243 e. The van der Waals surface area contributed by atoms with Crippen molar-refractivity contribution in [2.75, 3.05) is 39.3 Å². The number of rotatable bonds is 5. The van der Waals surface area contributed by atoms with Crippen LogP contribution < -0.4 is 10.0 Å². The summed E-state index contributed by atoms with van der Waals surface area (Å²) in [6, 6.07) is 3.48. The standard InChI is InChI=1S/C12H17ClFN3O2S/c13-10-1-2-11(14)12(9-10)20(18,19)16-5-8-17-6-3-15-4-7-17/h1-2,9,15-16H,3-8H2. The summed E-state index contributed by atoms with van der Waals surface area (Å²) in [6.07, 6.45) is 0. The molecular formula is C12H17ClFN3O2S.